The van der Waals surface area contributed by atoms with Crippen LogP contribution in [0.15, 0.2) is 11.5 Å². The van der Waals surface area contributed by atoms with Gasteiger partial charge in [0.15, 0.2) is 28.4 Å². The molecule has 1 fully saturated rings. The Morgan fingerprint density at radius 2 is 2.18 bits per heavy atom. The molecule has 0 spiro atoms. The minimum Gasteiger partial charge on any atom is -0.468 e. The van der Waals surface area contributed by atoms with Crippen molar-refractivity contribution in [2.45, 2.75) is 43.0 Å². The van der Waals surface area contributed by atoms with Gasteiger partial charge < -0.3 is 30.1 Å². The quantitative estimate of drug-likeness (QED) is 0.252. The number of nitrogens with zero attached hydrogens (tertiary/aromatic N) is 4. The third-order valence-electron chi connectivity index (χ3n) is 4.26. The second-order valence-electron chi connectivity index (χ2n) is 6.19. The number of nitrogens with one attached hydrogen (secondary N) is 1. The third kappa shape index (κ3) is 4.05. The smallest absolute Gasteiger partial charge is 0.325 e. The average Bonchev–Trinajstić information content (AvgIpc) is 3.25. The predicted octanol–water partition coefficient (Wildman–Crippen LogP) is -0.475. The highest BCUT2D eigenvalue weighted by Crippen LogP contribution is 2.33. The second-order valence-corrected chi connectivity index (χ2v) is 7.25. The number of aliphatic hydroxyl groups is 3. The molecule has 4 atom stereocenters. The minimum absolute atomic E-state index is 0.0960. The predicted molar refractivity (Wildman–Crippen MR) is 99.9 cm³/mol. The minimum atomic E-state index is -1.26. The number of carbonyl (C=O) groups excluding carboxylic acids is 1. The lowest BCUT2D eigenvalue weighted by Crippen LogP contribution is -2.33. The average molecular weight is 413 g/mol. The number of imidazole rings is 1. The molecule has 4 N–H and O–H groups in total. The molecule has 1 aliphatic heterocycles. The fraction of sp³-hybridized carbons (Fsp3) is 0.625. The summed E-state index contributed by atoms with van der Waals surface area (Å²) < 4.78 is 11.7. The van der Waals surface area contributed by atoms with Gasteiger partial charge in [0.1, 0.15) is 24.9 Å². The molecule has 0 aromatic carbocycles. The summed E-state index contributed by atoms with van der Waals surface area (Å²) in [4.78, 5) is 24.7. The van der Waals surface area contributed by atoms with Gasteiger partial charge in [0.25, 0.3) is 0 Å². The maximum Gasteiger partial charge on any atom is 0.325 e. The van der Waals surface area contributed by atoms with Crippen molar-refractivity contribution < 1.29 is 29.6 Å². The number of anilines is 1. The van der Waals surface area contributed by atoms with Gasteiger partial charge in [-0.15, -0.1) is 0 Å². The first-order valence-electron chi connectivity index (χ1n) is 8.80. The number of hydrogen-bond donors (Lipinski definition) is 4. The molecule has 2 aromatic rings. The molecule has 0 radical (unpaired) electrons. The number of methoxy groups -OCH3 is 1. The Morgan fingerprint density at radius 3 is 2.82 bits per heavy atom. The number of thioether (sulfide) groups is 1. The van der Waals surface area contributed by atoms with Crippen molar-refractivity contribution >= 4 is 34.7 Å². The molecular weight excluding hydrogens is 390 g/mol. The lowest BCUT2D eigenvalue weighted by atomic mass is 10.1. The van der Waals surface area contributed by atoms with Gasteiger partial charge in [-0.2, -0.15) is 0 Å². The Balaban J connectivity index is 1.99. The maximum absolute atomic E-state index is 11.5. The molecule has 2 unspecified atom stereocenters. The highest BCUT2D eigenvalue weighted by atomic mass is 32.2. The Hall–Kier alpha value is -1.99. The van der Waals surface area contributed by atoms with Crippen LogP contribution in [0.3, 0.4) is 0 Å². The lowest BCUT2D eigenvalue weighted by Gasteiger charge is -2.17. The highest BCUT2D eigenvalue weighted by molar-refractivity contribution is 7.99. The second kappa shape index (κ2) is 9.01. The molecule has 0 aliphatic carbocycles. The Labute approximate surface area is 165 Å². The summed E-state index contributed by atoms with van der Waals surface area (Å²) in [6, 6.07) is 0. The van der Waals surface area contributed by atoms with Crippen molar-refractivity contribution in [2.24, 2.45) is 0 Å². The fourth-order valence-electron chi connectivity index (χ4n) is 2.80. The van der Waals surface area contributed by atoms with Gasteiger partial charge in [0, 0.05) is 5.75 Å². The summed E-state index contributed by atoms with van der Waals surface area (Å²) in [5.74, 6) is 0.682. The maximum atomic E-state index is 11.5. The van der Waals surface area contributed by atoms with Crippen LogP contribution in [0.4, 0.5) is 5.82 Å². The summed E-state index contributed by atoms with van der Waals surface area (Å²) in [5, 5.41) is 33.0. The summed E-state index contributed by atoms with van der Waals surface area (Å²) in [7, 11) is 1.29. The fourth-order valence-corrected chi connectivity index (χ4v) is 3.50. The van der Waals surface area contributed by atoms with Crippen LogP contribution in [-0.2, 0) is 14.3 Å². The first-order chi connectivity index (χ1) is 13.5. The van der Waals surface area contributed by atoms with Crippen LogP contribution in [0.2, 0.25) is 0 Å². The number of carbonyl (C=O) groups is 1. The summed E-state index contributed by atoms with van der Waals surface area (Å²) >= 11 is 1.44. The molecule has 0 saturated carbocycles. The molecule has 0 amide bonds. The van der Waals surface area contributed by atoms with E-state index in [0.29, 0.717) is 22.1 Å². The Bertz CT molecular complexity index is 833. The zero-order valence-electron chi connectivity index (χ0n) is 15.5. The van der Waals surface area contributed by atoms with E-state index in [1.54, 1.807) is 0 Å². The topological polar surface area (TPSA) is 152 Å². The molecule has 2 aromatic heterocycles. The molecule has 28 heavy (non-hydrogen) atoms. The SMILES string of the molecule is CCCSc1nc(NCC(=O)OC)c2ncn([C@@H]3O[C@H](CO)C(O)C3O)c2n1. The van der Waals surface area contributed by atoms with Crippen molar-refractivity contribution in [1.82, 2.24) is 19.5 Å². The summed E-state index contributed by atoms with van der Waals surface area (Å²) in [6.45, 7) is 1.51. The monoisotopic (exact) mass is 413 g/mol. The van der Waals surface area contributed by atoms with Crippen molar-refractivity contribution in [3.8, 4) is 0 Å². The number of aliphatic hydroxyl groups excluding tert-OH is 3. The number of esters is 1. The molecule has 3 rings (SSSR count). The van der Waals surface area contributed by atoms with Gasteiger partial charge in [0.2, 0.25) is 0 Å². The van der Waals surface area contributed by atoms with Crippen molar-refractivity contribution in [2.75, 3.05) is 31.3 Å². The molecular formula is C16H23N5O6S. The van der Waals surface area contributed by atoms with Gasteiger partial charge in [-0.05, 0) is 6.42 Å². The van der Waals surface area contributed by atoms with Gasteiger partial charge in [-0.1, -0.05) is 18.7 Å². The molecule has 12 heteroatoms. The lowest BCUT2D eigenvalue weighted by molar-refractivity contribution is -0.138. The van der Waals surface area contributed by atoms with Crippen LogP contribution in [0.5, 0.6) is 0 Å². The molecule has 11 nitrogen and oxygen atoms in total. The van der Waals surface area contributed by atoms with Crippen molar-refractivity contribution in [3.05, 3.63) is 6.33 Å². The Morgan fingerprint density at radius 1 is 1.39 bits per heavy atom. The normalized spacial score (nSPS) is 24.6. The molecule has 1 aliphatic rings. The standard InChI is InChI=1S/C16H23N5O6S/c1-3-4-28-16-19-13(17-5-9(23)26-2)10-14(20-16)21(7-18-10)15-12(25)11(24)8(6-22)27-15/h7-8,11-12,15,22,24-25H,3-6H2,1-2H3,(H,17,19,20)/t8-,11?,12?,15-/m1/s1. The van der Waals surface area contributed by atoms with Gasteiger partial charge in [0.05, 0.1) is 20.0 Å². The molecule has 3 heterocycles. The zero-order chi connectivity index (χ0) is 20.3. The van der Waals surface area contributed by atoms with E-state index in [2.05, 4.69) is 25.0 Å². The van der Waals surface area contributed by atoms with Crippen LogP contribution in [-0.4, -0.2) is 85.1 Å². The largest absolute Gasteiger partial charge is 0.468 e. The summed E-state index contributed by atoms with van der Waals surface area (Å²) in [5.41, 5.74) is 0.748. The number of hydrogen-bond acceptors (Lipinski definition) is 11. The first-order valence-corrected chi connectivity index (χ1v) is 9.79. The van der Waals surface area contributed by atoms with Gasteiger partial charge in [-0.25, -0.2) is 15.0 Å². The van der Waals surface area contributed by atoms with E-state index in [1.165, 1.54) is 29.8 Å². The van der Waals surface area contributed by atoms with Crippen molar-refractivity contribution in [1.29, 1.82) is 0 Å². The number of rotatable bonds is 8. The van der Waals surface area contributed by atoms with E-state index >= 15 is 0 Å². The van der Waals surface area contributed by atoms with E-state index in [0.717, 1.165) is 12.2 Å². The number of ether oxygens (including phenoxy) is 2. The molecule has 154 valence electrons. The van der Waals surface area contributed by atoms with E-state index in [9.17, 15) is 20.1 Å². The van der Waals surface area contributed by atoms with E-state index < -0.39 is 37.1 Å². The third-order valence-corrected chi connectivity index (χ3v) is 5.31. The van der Waals surface area contributed by atoms with Crippen LogP contribution in [0.1, 0.15) is 19.6 Å². The van der Waals surface area contributed by atoms with Gasteiger partial charge in [-0.3, -0.25) is 9.36 Å². The first kappa shape index (κ1) is 20.7. The molecule has 0 bridgehead atoms. The number of aromatic nitrogens is 4. The Kier molecular flexibility index (Phi) is 6.67. The van der Waals surface area contributed by atoms with Crippen LogP contribution < -0.4 is 5.32 Å². The van der Waals surface area contributed by atoms with Gasteiger partial charge >= 0.3 is 5.97 Å². The van der Waals surface area contributed by atoms with Crippen LogP contribution in [0.25, 0.3) is 11.2 Å². The van der Waals surface area contributed by atoms with E-state index in [1.807, 2.05) is 6.92 Å². The zero-order valence-corrected chi connectivity index (χ0v) is 16.3. The summed E-state index contributed by atoms with van der Waals surface area (Å²) in [6.07, 6.45) is -2.04. The number of fused-ring (bicyclic) bond motifs is 1. The van der Waals surface area contributed by atoms with Crippen LogP contribution >= 0.6 is 11.8 Å². The molecule has 1 saturated heterocycles. The van der Waals surface area contributed by atoms with E-state index in [4.69, 9.17) is 4.74 Å². The van der Waals surface area contributed by atoms with Crippen molar-refractivity contribution in [3.63, 3.8) is 0 Å². The van der Waals surface area contributed by atoms with Crippen LogP contribution in [0, 0.1) is 0 Å². The highest BCUT2D eigenvalue weighted by Gasteiger charge is 2.44. The van der Waals surface area contributed by atoms with E-state index in [-0.39, 0.29) is 6.54 Å².